The van der Waals surface area contributed by atoms with Crippen LogP contribution in [0.15, 0.2) is 60.0 Å². The van der Waals surface area contributed by atoms with Gasteiger partial charge in [0, 0.05) is 48.7 Å². The SMILES string of the molecule is C=C1c2ccccc2C(=O)N1CC(=O)Nc1ccc(S(=O)(=O)N2CCN(C)CC2)cc1. The van der Waals surface area contributed by atoms with Crippen LogP contribution in [0.1, 0.15) is 15.9 Å². The summed E-state index contributed by atoms with van der Waals surface area (Å²) in [6.45, 7) is 6.04. The largest absolute Gasteiger partial charge is 0.325 e. The standard InChI is InChI=1S/C22H24N4O4S/c1-16-19-5-3-4-6-20(19)22(28)26(16)15-21(27)23-17-7-9-18(10-8-17)31(29,30)25-13-11-24(2)12-14-25/h3-10H,1,11-15H2,2H3,(H,23,27). The molecule has 2 aromatic rings. The molecule has 0 aliphatic carbocycles. The van der Waals surface area contributed by atoms with Gasteiger partial charge in [-0.15, -0.1) is 0 Å². The van der Waals surface area contributed by atoms with Crippen LogP contribution >= 0.6 is 0 Å². The number of sulfonamides is 1. The van der Waals surface area contributed by atoms with Gasteiger partial charge in [0.1, 0.15) is 6.54 Å². The average molecular weight is 441 g/mol. The molecule has 0 radical (unpaired) electrons. The van der Waals surface area contributed by atoms with E-state index in [4.69, 9.17) is 0 Å². The first kappa shape index (κ1) is 21.2. The number of fused-ring (bicyclic) bond motifs is 1. The number of carbonyl (C=O) groups is 2. The Labute approximate surface area is 181 Å². The number of hydrogen-bond acceptors (Lipinski definition) is 5. The fourth-order valence-electron chi connectivity index (χ4n) is 3.73. The fraction of sp³-hybridized carbons (Fsp3) is 0.273. The smallest absolute Gasteiger partial charge is 0.259 e. The predicted octanol–water partition coefficient (Wildman–Crippen LogP) is 1.69. The molecular weight excluding hydrogens is 416 g/mol. The molecule has 2 aromatic carbocycles. The van der Waals surface area contributed by atoms with Gasteiger partial charge >= 0.3 is 0 Å². The third-order valence-corrected chi connectivity index (χ3v) is 7.49. The Bertz CT molecular complexity index is 1100. The highest BCUT2D eigenvalue weighted by Gasteiger charge is 2.32. The maximum Gasteiger partial charge on any atom is 0.259 e. The molecule has 0 spiro atoms. The lowest BCUT2D eigenvalue weighted by Crippen LogP contribution is -2.46. The van der Waals surface area contributed by atoms with Crippen LogP contribution in [0.4, 0.5) is 5.69 Å². The van der Waals surface area contributed by atoms with Crippen LogP contribution in [0.2, 0.25) is 0 Å². The maximum absolute atomic E-state index is 12.8. The van der Waals surface area contributed by atoms with Crippen molar-refractivity contribution < 1.29 is 18.0 Å². The van der Waals surface area contributed by atoms with E-state index in [2.05, 4.69) is 16.8 Å². The quantitative estimate of drug-likeness (QED) is 0.764. The van der Waals surface area contributed by atoms with Crippen molar-refractivity contribution in [3.05, 3.63) is 66.2 Å². The van der Waals surface area contributed by atoms with E-state index in [0.717, 1.165) is 5.56 Å². The van der Waals surface area contributed by atoms with E-state index in [0.29, 0.717) is 43.1 Å². The van der Waals surface area contributed by atoms with E-state index in [-0.39, 0.29) is 17.3 Å². The van der Waals surface area contributed by atoms with Crippen LogP contribution in [-0.4, -0.2) is 74.1 Å². The van der Waals surface area contributed by atoms with Crippen LogP contribution in [-0.2, 0) is 14.8 Å². The molecular formula is C22H24N4O4S. The van der Waals surface area contributed by atoms with Gasteiger partial charge in [-0.3, -0.25) is 14.5 Å². The van der Waals surface area contributed by atoms with Crippen molar-refractivity contribution in [2.75, 3.05) is 45.1 Å². The van der Waals surface area contributed by atoms with Gasteiger partial charge in [0.15, 0.2) is 0 Å². The normalized spacial score (nSPS) is 17.6. The van der Waals surface area contributed by atoms with Crippen LogP contribution in [0.25, 0.3) is 5.70 Å². The molecule has 2 heterocycles. The molecule has 2 aliphatic rings. The first-order chi connectivity index (χ1) is 14.8. The van der Waals surface area contributed by atoms with Crippen LogP contribution < -0.4 is 5.32 Å². The molecule has 162 valence electrons. The predicted molar refractivity (Wildman–Crippen MR) is 118 cm³/mol. The minimum Gasteiger partial charge on any atom is -0.325 e. The van der Waals surface area contributed by atoms with E-state index < -0.39 is 15.9 Å². The van der Waals surface area contributed by atoms with Gasteiger partial charge in [0.2, 0.25) is 15.9 Å². The van der Waals surface area contributed by atoms with E-state index in [9.17, 15) is 18.0 Å². The van der Waals surface area contributed by atoms with Crippen molar-refractivity contribution in [3.8, 4) is 0 Å². The van der Waals surface area contributed by atoms with Crippen molar-refractivity contribution in [2.24, 2.45) is 0 Å². The molecule has 0 aromatic heterocycles. The van der Waals surface area contributed by atoms with Gasteiger partial charge in [-0.1, -0.05) is 24.8 Å². The molecule has 0 unspecified atom stereocenters. The van der Waals surface area contributed by atoms with Crippen molar-refractivity contribution in [1.82, 2.24) is 14.1 Å². The molecule has 1 fully saturated rings. The Morgan fingerprint density at radius 3 is 2.23 bits per heavy atom. The molecule has 1 saturated heterocycles. The number of anilines is 1. The molecule has 31 heavy (non-hydrogen) atoms. The minimum atomic E-state index is -3.57. The number of piperazine rings is 1. The van der Waals surface area contributed by atoms with Gasteiger partial charge < -0.3 is 10.2 Å². The fourth-order valence-corrected chi connectivity index (χ4v) is 5.16. The highest BCUT2D eigenvalue weighted by atomic mass is 32.2. The summed E-state index contributed by atoms with van der Waals surface area (Å²) in [6, 6.07) is 13.2. The summed E-state index contributed by atoms with van der Waals surface area (Å²) in [5.41, 5.74) is 2.19. The molecule has 8 nitrogen and oxygen atoms in total. The van der Waals surface area contributed by atoms with E-state index in [1.807, 2.05) is 13.1 Å². The number of rotatable bonds is 5. The molecule has 9 heteroatoms. The lowest BCUT2D eigenvalue weighted by Gasteiger charge is -2.31. The summed E-state index contributed by atoms with van der Waals surface area (Å²) < 4.78 is 27.1. The second-order valence-corrected chi connectivity index (χ2v) is 9.60. The molecule has 0 atom stereocenters. The topological polar surface area (TPSA) is 90.0 Å². The van der Waals surface area contributed by atoms with Gasteiger partial charge in [-0.2, -0.15) is 4.31 Å². The highest BCUT2D eigenvalue weighted by Crippen LogP contribution is 2.30. The number of nitrogens with zero attached hydrogens (tertiary/aromatic N) is 3. The van der Waals surface area contributed by atoms with Gasteiger partial charge in [0.25, 0.3) is 5.91 Å². The Morgan fingerprint density at radius 1 is 1.00 bits per heavy atom. The third-order valence-electron chi connectivity index (χ3n) is 5.58. The second kappa shape index (κ2) is 8.26. The van der Waals surface area contributed by atoms with Crippen LogP contribution in [0, 0.1) is 0 Å². The highest BCUT2D eigenvalue weighted by molar-refractivity contribution is 7.89. The Kier molecular flexibility index (Phi) is 5.65. The molecule has 2 aliphatic heterocycles. The van der Waals surface area contributed by atoms with Crippen molar-refractivity contribution in [1.29, 1.82) is 0 Å². The zero-order valence-corrected chi connectivity index (χ0v) is 18.1. The summed E-state index contributed by atoms with van der Waals surface area (Å²) in [4.78, 5) is 28.6. The molecule has 0 saturated carbocycles. The zero-order valence-electron chi connectivity index (χ0n) is 17.2. The van der Waals surface area contributed by atoms with Crippen LogP contribution in [0.3, 0.4) is 0 Å². The number of likely N-dealkylation sites (N-methyl/N-ethyl adjacent to an activating group) is 1. The number of carbonyl (C=O) groups excluding carboxylic acids is 2. The number of amides is 2. The second-order valence-electron chi connectivity index (χ2n) is 7.66. The van der Waals surface area contributed by atoms with Gasteiger partial charge in [-0.25, -0.2) is 8.42 Å². The monoisotopic (exact) mass is 440 g/mol. The average Bonchev–Trinajstić information content (AvgIpc) is 2.99. The lowest BCUT2D eigenvalue weighted by molar-refractivity contribution is -0.116. The maximum atomic E-state index is 12.8. The lowest BCUT2D eigenvalue weighted by atomic mass is 10.1. The zero-order chi connectivity index (χ0) is 22.2. The Morgan fingerprint density at radius 2 is 1.61 bits per heavy atom. The first-order valence-corrected chi connectivity index (χ1v) is 11.4. The Hall–Kier alpha value is -3.01. The summed E-state index contributed by atoms with van der Waals surface area (Å²) >= 11 is 0. The van der Waals surface area contributed by atoms with Gasteiger partial charge in [-0.05, 0) is 37.4 Å². The van der Waals surface area contributed by atoms with E-state index in [1.165, 1.54) is 21.3 Å². The molecule has 2 amide bonds. The summed E-state index contributed by atoms with van der Waals surface area (Å²) in [7, 11) is -1.60. The first-order valence-electron chi connectivity index (χ1n) is 9.96. The molecule has 4 rings (SSSR count). The number of benzene rings is 2. The van der Waals surface area contributed by atoms with Crippen molar-refractivity contribution in [2.45, 2.75) is 4.90 Å². The van der Waals surface area contributed by atoms with Crippen molar-refractivity contribution >= 4 is 33.2 Å². The summed E-state index contributed by atoms with van der Waals surface area (Å²) in [5.74, 6) is -0.652. The van der Waals surface area contributed by atoms with E-state index >= 15 is 0 Å². The number of hydrogen-bond donors (Lipinski definition) is 1. The molecule has 1 N–H and O–H groups in total. The Balaban J connectivity index is 1.40. The van der Waals surface area contributed by atoms with Crippen LogP contribution in [0.5, 0.6) is 0 Å². The third kappa shape index (κ3) is 4.12. The minimum absolute atomic E-state index is 0.173. The summed E-state index contributed by atoms with van der Waals surface area (Å²) in [5, 5.41) is 2.71. The van der Waals surface area contributed by atoms with E-state index in [1.54, 1.807) is 30.3 Å². The summed E-state index contributed by atoms with van der Waals surface area (Å²) in [6.07, 6.45) is 0. The van der Waals surface area contributed by atoms with Gasteiger partial charge in [0.05, 0.1) is 4.90 Å². The molecule has 0 bridgehead atoms. The van der Waals surface area contributed by atoms with Crippen molar-refractivity contribution in [3.63, 3.8) is 0 Å². The number of nitrogens with one attached hydrogen (secondary N) is 1.